The van der Waals surface area contributed by atoms with Crippen molar-refractivity contribution in [2.45, 2.75) is 26.2 Å². The van der Waals surface area contributed by atoms with Crippen molar-refractivity contribution in [3.8, 4) is 0 Å². The Morgan fingerprint density at radius 3 is 2.24 bits per heavy atom. The molecule has 0 spiro atoms. The zero-order valence-electron chi connectivity index (χ0n) is 11.4. The molecule has 90 valence electrons. The van der Waals surface area contributed by atoms with Crippen LogP contribution in [0.3, 0.4) is 0 Å². The van der Waals surface area contributed by atoms with E-state index in [1.807, 2.05) is 0 Å². The maximum atomic E-state index is 3.25. The van der Waals surface area contributed by atoms with Crippen molar-refractivity contribution in [3.63, 3.8) is 0 Å². The predicted octanol–water partition coefficient (Wildman–Crippen LogP) is 0.569. The van der Waals surface area contributed by atoms with Crippen LogP contribution in [0.15, 0.2) is 30.3 Å². The molecule has 1 heterocycles. The molecule has 0 aliphatic carbocycles. The van der Waals surface area contributed by atoms with Crippen molar-refractivity contribution in [2.75, 3.05) is 19.6 Å². The molecule has 1 aromatic rings. The summed E-state index contributed by atoms with van der Waals surface area (Å²) >= 11 is 0. The van der Waals surface area contributed by atoms with Gasteiger partial charge < -0.3 is 11.8 Å². The van der Waals surface area contributed by atoms with Gasteiger partial charge in [0, 0.05) is 0 Å². The van der Waals surface area contributed by atoms with Crippen LogP contribution in [0, 0.1) is 13.3 Å². The quantitative estimate of drug-likeness (QED) is 0.536. The number of piperidine rings is 1. The molecule has 1 fully saturated rings. The average molecular weight is 224 g/mol. The standard InChI is InChI=1S/C13H18N.C2H5.Li/c1-3-7-13(8-4-1)9-12-14-10-5-2-6-11-14;1-2;/h1,3-4,7-9H,2,5-6,10-12H2;1H2,2H3;/q2*-1;+1. The first-order valence-electron chi connectivity index (χ1n) is 6.26. The molecular formula is C15H23LiN-. The van der Waals surface area contributed by atoms with E-state index < -0.39 is 0 Å². The minimum atomic E-state index is 0. The molecule has 0 amide bonds. The predicted molar refractivity (Wildman–Crippen MR) is 71.2 cm³/mol. The summed E-state index contributed by atoms with van der Waals surface area (Å²) in [6, 6.07) is 10.6. The molecule has 17 heavy (non-hydrogen) atoms. The van der Waals surface area contributed by atoms with E-state index in [2.05, 4.69) is 48.6 Å². The summed E-state index contributed by atoms with van der Waals surface area (Å²) in [5, 5.41) is 0. The largest absolute Gasteiger partial charge is 1.00 e. The number of benzene rings is 1. The Hall–Kier alpha value is -0.353. The normalized spacial score (nSPS) is 15.2. The van der Waals surface area contributed by atoms with Crippen LogP contribution in [-0.4, -0.2) is 24.5 Å². The van der Waals surface area contributed by atoms with Crippen molar-refractivity contribution < 1.29 is 18.9 Å². The second-order valence-corrected chi connectivity index (χ2v) is 3.98. The molecular weight excluding hydrogens is 201 g/mol. The van der Waals surface area contributed by atoms with Gasteiger partial charge in [-0.25, -0.2) is 0 Å². The summed E-state index contributed by atoms with van der Waals surface area (Å²) in [4.78, 5) is 2.54. The molecule has 0 N–H and O–H groups in total. The molecule has 0 saturated carbocycles. The second-order valence-electron chi connectivity index (χ2n) is 3.98. The van der Waals surface area contributed by atoms with Gasteiger partial charge in [-0.2, -0.15) is 31.0 Å². The third kappa shape index (κ3) is 6.84. The molecule has 1 nitrogen and oxygen atoms in total. The molecule has 0 bridgehead atoms. The van der Waals surface area contributed by atoms with E-state index in [1.165, 1.54) is 37.9 Å². The van der Waals surface area contributed by atoms with Gasteiger partial charge in [0.25, 0.3) is 0 Å². The first kappa shape index (κ1) is 16.6. The molecule has 2 rings (SSSR count). The van der Waals surface area contributed by atoms with Crippen LogP contribution in [0.1, 0.15) is 31.7 Å². The summed E-state index contributed by atoms with van der Waals surface area (Å²) in [6.07, 6.45) is 6.50. The fourth-order valence-corrected chi connectivity index (χ4v) is 1.97. The van der Waals surface area contributed by atoms with Crippen LogP contribution in [0.2, 0.25) is 0 Å². The Balaban J connectivity index is 0.000000811. The number of likely N-dealkylation sites (tertiary alicyclic amines) is 1. The fourth-order valence-electron chi connectivity index (χ4n) is 1.97. The van der Waals surface area contributed by atoms with Crippen LogP contribution in [0.4, 0.5) is 0 Å². The van der Waals surface area contributed by atoms with E-state index in [4.69, 9.17) is 0 Å². The van der Waals surface area contributed by atoms with Crippen molar-refractivity contribution in [3.05, 3.63) is 49.2 Å². The van der Waals surface area contributed by atoms with Crippen LogP contribution in [-0.2, 0) is 0 Å². The molecule has 0 atom stereocenters. The number of hydrogen-bond donors (Lipinski definition) is 0. The molecule has 1 aliphatic rings. The number of rotatable bonds is 3. The van der Waals surface area contributed by atoms with Gasteiger partial charge >= 0.3 is 18.9 Å². The van der Waals surface area contributed by atoms with Gasteiger partial charge in [-0.1, -0.05) is 12.5 Å². The van der Waals surface area contributed by atoms with Gasteiger partial charge in [0.05, 0.1) is 0 Å². The molecule has 2 heteroatoms. The van der Waals surface area contributed by atoms with E-state index in [9.17, 15) is 0 Å². The van der Waals surface area contributed by atoms with E-state index in [-0.39, 0.29) is 18.9 Å². The van der Waals surface area contributed by atoms with Gasteiger partial charge in [-0.3, -0.25) is 0 Å². The van der Waals surface area contributed by atoms with Gasteiger partial charge in [-0.05, 0) is 32.5 Å². The SMILES string of the molecule is [CH2-]C.[Li+].c1ccc([CH-]CN2CCCCC2)cc1. The first-order chi connectivity index (χ1) is 7.95. The molecule has 0 unspecified atom stereocenters. The van der Waals surface area contributed by atoms with Gasteiger partial charge in [0.1, 0.15) is 0 Å². The number of hydrogen-bond acceptors (Lipinski definition) is 1. The van der Waals surface area contributed by atoms with Crippen molar-refractivity contribution in [1.29, 1.82) is 0 Å². The van der Waals surface area contributed by atoms with Gasteiger partial charge in [0.2, 0.25) is 0 Å². The Labute approximate surface area is 119 Å². The summed E-state index contributed by atoms with van der Waals surface area (Å²) in [6.45, 7) is 8.68. The number of nitrogens with zero attached hydrogens (tertiary/aromatic N) is 1. The third-order valence-electron chi connectivity index (χ3n) is 2.83. The Kier molecular flexibility index (Phi) is 10.6. The maximum absolute atomic E-state index is 3.25. The molecule has 0 radical (unpaired) electrons. The van der Waals surface area contributed by atoms with Crippen LogP contribution in [0.25, 0.3) is 0 Å². The fraction of sp³-hybridized carbons (Fsp3) is 0.467. The molecule has 1 aromatic carbocycles. The zero-order chi connectivity index (χ0) is 11.6. The zero-order valence-corrected chi connectivity index (χ0v) is 11.4. The smallest absolute Gasteiger partial charge is 0.346 e. The van der Waals surface area contributed by atoms with Crippen LogP contribution >= 0.6 is 0 Å². The van der Waals surface area contributed by atoms with Crippen molar-refractivity contribution >= 4 is 0 Å². The monoisotopic (exact) mass is 224 g/mol. The molecule has 0 aromatic heterocycles. The van der Waals surface area contributed by atoms with Crippen LogP contribution in [0.5, 0.6) is 0 Å². The summed E-state index contributed by atoms with van der Waals surface area (Å²) < 4.78 is 0. The van der Waals surface area contributed by atoms with E-state index >= 15 is 0 Å². The summed E-state index contributed by atoms with van der Waals surface area (Å²) in [5.41, 5.74) is 1.35. The second kappa shape index (κ2) is 10.8. The van der Waals surface area contributed by atoms with E-state index in [1.54, 1.807) is 6.92 Å². The van der Waals surface area contributed by atoms with E-state index in [0.717, 1.165) is 6.54 Å². The van der Waals surface area contributed by atoms with Gasteiger partial charge in [-0.15, -0.1) is 12.1 Å². The maximum Gasteiger partial charge on any atom is 1.00 e. The van der Waals surface area contributed by atoms with Crippen molar-refractivity contribution in [1.82, 2.24) is 4.90 Å². The summed E-state index contributed by atoms with van der Waals surface area (Å²) in [5.74, 6) is 0. The minimum absolute atomic E-state index is 0. The molecule has 1 saturated heterocycles. The van der Waals surface area contributed by atoms with Gasteiger partial charge in [0.15, 0.2) is 0 Å². The minimum Gasteiger partial charge on any atom is -0.346 e. The summed E-state index contributed by atoms with van der Waals surface area (Å²) in [7, 11) is 0. The Morgan fingerprint density at radius 1 is 1.06 bits per heavy atom. The third-order valence-corrected chi connectivity index (χ3v) is 2.83. The molecule has 1 aliphatic heterocycles. The van der Waals surface area contributed by atoms with E-state index in [0.29, 0.717) is 0 Å². The average Bonchev–Trinajstić information content (AvgIpc) is 2.41. The first-order valence-corrected chi connectivity index (χ1v) is 6.26. The Bertz CT molecular complexity index is 255. The topological polar surface area (TPSA) is 3.24 Å². The van der Waals surface area contributed by atoms with Crippen LogP contribution < -0.4 is 18.9 Å². The van der Waals surface area contributed by atoms with Crippen molar-refractivity contribution in [2.24, 2.45) is 0 Å². The Morgan fingerprint density at radius 2 is 1.65 bits per heavy atom.